The van der Waals surface area contributed by atoms with Crippen molar-refractivity contribution >= 4 is 29.5 Å². The zero-order valence-corrected chi connectivity index (χ0v) is 13.4. The fourth-order valence-electron chi connectivity index (χ4n) is 2.34. The minimum Gasteiger partial charge on any atom is -0.387 e. The lowest BCUT2D eigenvalue weighted by Gasteiger charge is -2.15. The van der Waals surface area contributed by atoms with E-state index in [-0.39, 0.29) is 10.3 Å². The molecular formula is C10H12N3O9PS. The molecule has 1 fully saturated rings. The summed E-state index contributed by atoms with van der Waals surface area (Å²) in [6.45, 7) is -0.705. The number of rotatable bonds is 4. The Morgan fingerprint density at radius 3 is 2.75 bits per heavy atom. The predicted molar refractivity (Wildman–Crippen MR) is 78.4 cm³/mol. The van der Waals surface area contributed by atoms with Crippen molar-refractivity contribution in [2.24, 2.45) is 0 Å². The number of aromatic amines is 1. The molecule has 0 aliphatic carbocycles. The van der Waals surface area contributed by atoms with Gasteiger partial charge in [0, 0.05) is 0 Å². The number of nitrogens with one attached hydrogen (secondary N) is 1. The van der Waals surface area contributed by atoms with Crippen molar-refractivity contribution in [3.63, 3.8) is 0 Å². The van der Waals surface area contributed by atoms with Gasteiger partial charge >= 0.3 is 12.7 Å². The van der Waals surface area contributed by atoms with Crippen LogP contribution in [-0.4, -0.2) is 59.5 Å². The molecule has 2 aromatic heterocycles. The van der Waals surface area contributed by atoms with Crippen molar-refractivity contribution in [2.75, 3.05) is 6.61 Å². The van der Waals surface area contributed by atoms with Gasteiger partial charge in [0.1, 0.15) is 23.0 Å². The molecule has 2 aromatic rings. The van der Waals surface area contributed by atoms with Gasteiger partial charge in [-0.15, -0.1) is 0 Å². The smallest absolute Gasteiger partial charge is 0.387 e. The third-order valence-corrected chi connectivity index (χ3v) is 4.83. The Hall–Kier alpha value is -1.44. The van der Waals surface area contributed by atoms with Crippen molar-refractivity contribution < 1.29 is 33.8 Å². The van der Waals surface area contributed by atoms with E-state index in [1.54, 1.807) is 0 Å². The summed E-state index contributed by atoms with van der Waals surface area (Å²) in [5, 5.41) is 20.0. The van der Waals surface area contributed by atoms with E-state index in [0.29, 0.717) is 11.3 Å². The molecule has 132 valence electrons. The Morgan fingerprint density at radius 2 is 2.08 bits per heavy atom. The number of phosphoric acid groups is 1. The molecule has 0 saturated carbocycles. The first-order valence-corrected chi connectivity index (χ1v) is 8.84. The largest absolute Gasteiger partial charge is 0.469 e. The average Bonchev–Trinajstić information content (AvgIpc) is 2.96. The van der Waals surface area contributed by atoms with E-state index in [0.717, 1.165) is 10.9 Å². The van der Waals surface area contributed by atoms with Gasteiger partial charge in [-0.3, -0.25) is 18.7 Å². The van der Waals surface area contributed by atoms with Gasteiger partial charge in [-0.25, -0.2) is 9.55 Å². The Balaban J connectivity index is 1.95. The van der Waals surface area contributed by atoms with Gasteiger partial charge in [0.05, 0.1) is 12.9 Å². The van der Waals surface area contributed by atoms with Gasteiger partial charge in [-0.1, -0.05) is 11.3 Å². The van der Waals surface area contributed by atoms with Crippen molar-refractivity contribution in [1.82, 2.24) is 14.5 Å². The van der Waals surface area contributed by atoms with Crippen molar-refractivity contribution in [2.45, 2.75) is 24.5 Å². The summed E-state index contributed by atoms with van der Waals surface area (Å²) in [7, 11) is -4.80. The average molecular weight is 381 g/mol. The maximum Gasteiger partial charge on any atom is 0.469 e. The molecule has 1 saturated heterocycles. The summed E-state index contributed by atoms with van der Waals surface area (Å²) in [6, 6.07) is 0. The van der Waals surface area contributed by atoms with Crippen molar-refractivity contribution in [3.05, 3.63) is 26.3 Å². The number of aromatic nitrogens is 3. The van der Waals surface area contributed by atoms with E-state index < -0.39 is 49.4 Å². The SMILES string of the molecule is O=c1[nH]cnc2c1sc(=O)n2[C@@H]1O[C@H](COP(=O)(O)O)[C@@H](O)[C@H]1O. The number of hydrogen-bond donors (Lipinski definition) is 5. The minimum absolute atomic E-state index is 0.0164. The summed E-state index contributed by atoms with van der Waals surface area (Å²) < 4.78 is 21.2. The van der Waals surface area contributed by atoms with E-state index in [1.165, 1.54) is 0 Å². The molecule has 12 nitrogen and oxygen atoms in total. The zero-order valence-electron chi connectivity index (χ0n) is 11.7. The summed E-state index contributed by atoms with van der Waals surface area (Å²) in [6.07, 6.45) is -4.76. The number of nitrogens with zero attached hydrogens (tertiary/aromatic N) is 2. The normalized spacial score (nSPS) is 27.8. The first kappa shape index (κ1) is 17.4. The molecule has 4 atom stereocenters. The van der Waals surface area contributed by atoms with E-state index >= 15 is 0 Å². The number of aliphatic hydroxyl groups is 2. The highest BCUT2D eigenvalue weighted by Gasteiger charge is 2.45. The monoisotopic (exact) mass is 381 g/mol. The molecule has 0 radical (unpaired) electrons. The van der Waals surface area contributed by atoms with Gasteiger partial charge in [0.25, 0.3) is 5.56 Å². The van der Waals surface area contributed by atoms with Crippen LogP contribution < -0.4 is 10.4 Å². The van der Waals surface area contributed by atoms with Crippen LogP contribution in [0, 0.1) is 0 Å². The molecule has 0 amide bonds. The molecule has 24 heavy (non-hydrogen) atoms. The molecule has 5 N–H and O–H groups in total. The second-order valence-electron chi connectivity index (χ2n) is 4.95. The third-order valence-electron chi connectivity index (χ3n) is 3.40. The molecule has 1 aliphatic heterocycles. The Morgan fingerprint density at radius 1 is 1.38 bits per heavy atom. The fourth-order valence-corrected chi connectivity index (χ4v) is 3.54. The number of aliphatic hydroxyl groups excluding tert-OH is 2. The molecule has 3 heterocycles. The van der Waals surface area contributed by atoms with E-state index in [9.17, 15) is 24.4 Å². The van der Waals surface area contributed by atoms with Crippen molar-refractivity contribution in [3.8, 4) is 0 Å². The fraction of sp³-hybridized carbons (Fsp3) is 0.500. The highest BCUT2D eigenvalue weighted by Crippen LogP contribution is 2.38. The zero-order chi connectivity index (χ0) is 17.6. The van der Waals surface area contributed by atoms with Crippen LogP contribution >= 0.6 is 19.2 Å². The van der Waals surface area contributed by atoms with Crippen LogP contribution in [0.3, 0.4) is 0 Å². The van der Waals surface area contributed by atoms with Gasteiger partial charge in [-0.2, -0.15) is 0 Å². The number of fused-ring (bicyclic) bond motifs is 1. The lowest BCUT2D eigenvalue weighted by atomic mass is 10.1. The summed E-state index contributed by atoms with van der Waals surface area (Å²) in [4.78, 5) is 46.7. The third kappa shape index (κ3) is 3.08. The second-order valence-corrected chi connectivity index (χ2v) is 7.16. The highest BCUT2D eigenvalue weighted by atomic mass is 32.1. The van der Waals surface area contributed by atoms with E-state index in [4.69, 9.17) is 14.5 Å². The van der Waals surface area contributed by atoms with Crippen molar-refractivity contribution in [1.29, 1.82) is 0 Å². The van der Waals surface area contributed by atoms with Gasteiger partial charge in [0.15, 0.2) is 11.9 Å². The molecule has 0 spiro atoms. The lowest BCUT2D eigenvalue weighted by Crippen LogP contribution is -2.34. The number of phosphoric ester groups is 1. The minimum atomic E-state index is -4.80. The van der Waals surface area contributed by atoms with Crippen LogP contribution in [0.1, 0.15) is 6.23 Å². The maximum atomic E-state index is 12.1. The van der Waals surface area contributed by atoms with Crippen LogP contribution in [0.5, 0.6) is 0 Å². The number of hydrogen-bond acceptors (Lipinski definition) is 9. The second kappa shape index (κ2) is 6.13. The summed E-state index contributed by atoms with van der Waals surface area (Å²) in [5.74, 6) is 0. The lowest BCUT2D eigenvalue weighted by molar-refractivity contribution is -0.0511. The van der Waals surface area contributed by atoms with Crippen LogP contribution in [0.2, 0.25) is 0 Å². The molecule has 14 heteroatoms. The number of ether oxygens (including phenoxy) is 1. The van der Waals surface area contributed by atoms with Gasteiger partial charge in [-0.05, 0) is 0 Å². The molecular weight excluding hydrogens is 369 g/mol. The molecule has 0 aromatic carbocycles. The highest BCUT2D eigenvalue weighted by molar-refractivity contribution is 7.46. The first-order valence-electron chi connectivity index (χ1n) is 6.49. The topological polar surface area (TPSA) is 184 Å². The van der Waals surface area contributed by atoms with E-state index in [1.807, 2.05) is 0 Å². The van der Waals surface area contributed by atoms with Crippen LogP contribution in [0.4, 0.5) is 0 Å². The molecule has 0 unspecified atom stereocenters. The Bertz CT molecular complexity index is 916. The van der Waals surface area contributed by atoms with Crippen LogP contribution in [0.15, 0.2) is 15.9 Å². The van der Waals surface area contributed by atoms with Crippen LogP contribution in [0.25, 0.3) is 10.3 Å². The maximum absolute atomic E-state index is 12.1. The van der Waals surface area contributed by atoms with Crippen LogP contribution in [-0.2, 0) is 13.8 Å². The van der Waals surface area contributed by atoms with E-state index in [2.05, 4.69) is 14.5 Å². The number of thiazole rings is 1. The van der Waals surface area contributed by atoms with Gasteiger partial charge in [0.2, 0.25) is 0 Å². The molecule has 0 bridgehead atoms. The molecule has 3 rings (SSSR count). The first-order chi connectivity index (χ1) is 11.2. The molecule has 1 aliphatic rings. The van der Waals surface area contributed by atoms with Gasteiger partial charge < -0.3 is 29.7 Å². The predicted octanol–water partition coefficient (Wildman–Crippen LogP) is -2.13. The standard InChI is InChI=1S/C10H12N3O9PS/c14-4-3(1-21-23(18,19)20)22-9(5(4)15)13-7-6(24-10(13)17)8(16)12-2-11-7/h2-5,9,14-15H,1H2,(H,11,12,16)(H2,18,19,20)/t3-,4-,5-,9-/m1/s1. The summed E-state index contributed by atoms with van der Waals surface area (Å²) in [5.41, 5.74) is -0.586. The quantitative estimate of drug-likeness (QED) is 0.367. The summed E-state index contributed by atoms with van der Waals surface area (Å²) >= 11 is 0.587. The number of H-pyrrole nitrogens is 1. The Kier molecular flexibility index (Phi) is 4.44. The Labute approximate surface area is 136 Å².